The zero-order valence-corrected chi connectivity index (χ0v) is 14.9. The molecule has 134 valence electrons. The molecule has 7 nitrogen and oxygen atoms in total. The number of amides is 1. The number of ether oxygens (including phenoxy) is 2. The number of methoxy groups -OCH3 is 1. The van der Waals surface area contributed by atoms with Gasteiger partial charge >= 0.3 is 5.97 Å². The predicted octanol–water partition coefficient (Wildman–Crippen LogP) is 2.34. The summed E-state index contributed by atoms with van der Waals surface area (Å²) in [6, 6.07) is 9.31. The number of benzene rings is 1. The van der Waals surface area contributed by atoms with Crippen molar-refractivity contribution in [3.63, 3.8) is 0 Å². The van der Waals surface area contributed by atoms with Crippen LogP contribution in [0.1, 0.15) is 37.7 Å². The molecule has 1 N–H and O–H groups in total. The lowest BCUT2D eigenvalue weighted by atomic mass is 10.0. The van der Waals surface area contributed by atoms with Crippen molar-refractivity contribution in [1.29, 1.82) is 0 Å². The van der Waals surface area contributed by atoms with E-state index in [1.165, 1.54) is 11.8 Å². The third-order valence-corrected chi connectivity index (χ3v) is 3.81. The van der Waals surface area contributed by atoms with Gasteiger partial charge < -0.3 is 14.8 Å². The van der Waals surface area contributed by atoms with E-state index in [0.29, 0.717) is 0 Å². The van der Waals surface area contributed by atoms with Gasteiger partial charge in [0.1, 0.15) is 0 Å². The second kappa shape index (κ2) is 7.83. The lowest BCUT2D eigenvalue weighted by molar-refractivity contribution is -0.125. The molecule has 1 aromatic carbocycles. The van der Waals surface area contributed by atoms with Crippen molar-refractivity contribution in [2.75, 3.05) is 13.7 Å². The number of nitrogens with zero attached hydrogens (tertiary/aromatic N) is 2. The van der Waals surface area contributed by atoms with Crippen LogP contribution in [0.15, 0.2) is 36.5 Å². The highest BCUT2D eigenvalue weighted by atomic mass is 16.5. The molecule has 1 heterocycles. The fourth-order valence-electron chi connectivity index (χ4n) is 2.06. The first-order valence-corrected chi connectivity index (χ1v) is 8.03. The second-order valence-electron chi connectivity index (χ2n) is 6.19. The van der Waals surface area contributed by atoms with E-state index in [9.17, 15) is 9.59 Å². The Bertz CT molecular complexity index is 738. The average Bonchev–Trinajstić information content (AvgIpc) is 3.04. The van der Waals surface area contributed by atoms with Crippen LogP contribution in [-0.4, -0.2) is 40.9 Å². The highest BCUT2D eigenvalue weighted by Crippen LogP contribution is 2.20. The number of hydrogen-bond donors (Lipinski definition) is 1. The number of nitrogens with one attached hydrogen (secondary N) is 1. The predicted molar refractivity (Wildman–Crippen MR) is 92.9 cm³/mol. The monoisotopic (exact) mass is 345 g/mol. The zero-order valence-electron chi connectivity index (χ0n) is 14.9. The fourth-order valence-corrected chi connectivity index (χ4v) is 2.06. The molecule has 0 saturated heterocycles. The number of hydrogen-bond acceptors (Lipinski definition) is 5. The van der Waals surface area contributed by atoms with E-state index < -0.39 is 5.97 Å². The highest BCUT2D eigenvalue weighted by Gasteiger charge is 2.22. The molecule has 1 amide bonds. The quantitative estimate of drug-likeness (QED) is 0.779. The molecule has 0 saturated carbocycles. The number of aromatic nitrogens is 2. The highest BCUT2D eigenvalue weighted by molar-refractivity contribution is 5.92. The summed E-state index contributed by atoms with van der Waals surface area (Å²) in [4.78, 5) is 24.1. The molecular weight excluding hydrogens is 322 g/mol. The van der Waals surface area contributed by atoms with Gasteiger partial charge in [0.15, 0.2) is 12.4 Å². The maximum absolute atomic E-state index is 12.3. The zero-order chi connectivity index (χ0) is 18.4. The summed E-state index contributed by atoms with van der Waals surface area (Å²) in [6.07, 6.45) is 2.36. The van der Waals surface area contributed by atoms with Crippen molar-refractivity contribution in [2.24, 2.45) is 0 Å². The fraction of sp³-hybridized carbons (Fsp3) is 0.389. The van der Waals surface area contributed by atoms with Crippen LogP contribution < -0.4 is 10.1 Å². The smallest absolute Gasteiger partial charge is 0.363 e. The van der Waals surface area contributed by atoms with Gasteiger partial charge in [0.25, 0.3) is 5.91 Å². The van der Waals surface area contributed by atoms with Crippen molar-refractivity contribution in [2.45, 2.75) is 32.7 Å². The SMILES string of the molecule is CCC(C)(C)NC(=O)COC(=O)c1nn(-c2ccccc2)cc1OC. The van der Waals surface area contributed by atoms with Gasteiger partial charge in [0, 0.05) is 5.54 Å². The summed E-state index contributed by atoms with van der Waals surface area (Å²) < 4.78 is 11.8. The van der Waals surface area contributed by atoms with Gasteiger partial charge in [-0.15, -0.1) is 0 Å². The summed E-state index contributed by atoms with van der Waals surface area (Å²) in [7, 11) is 1.44. The van der Waals surface area contributed by atoms with Crippen molar-refractivity contribution in [1.82, 2.24) is 15.1 Å². The number of rotatable bonds is 7. The molecular formula is C18H23N3O4. The molecule has 0 spiro atoms. The first kappa shape index (κ1) is 18.5. The van der Waals surface area contributed by atoms with Crippen LogP contribution in [-0.2, 0) is 9.53 Å². The second-order valence-corrected chi connectivity index (χ2v) is 6.19. The van der Waals surface area contributed by atoms with Gasteiger partial charge in [-0.1, -0.05) is 25.1 Å². The number of carbonyl (C=O) groups is 2. The molecule has 0 aliphatic heterocycles. The minimum absolute atomic E-state index is 0.0221. The van der Waals surface area contributed by atoms with Gasteiger partial charge in [-0.05, 0) is 32.4 Å². The molecule has 0 aliphatic rings. The van der Waals surface area contributed by atoms with E-state index in [1.807, 2.05) is 51.1 Å². The molecule has 0 atom stereocenters. The van der Waals surface area contributed by atoms with E-state index in [1.54, 1.807) is 6.20 Å². The summed E-state index contributed by atoms with van der Waals surface area (Å²) in [5.41, 5.74) is 0.451. The minimum atomic E-state index is -0.712. The topological polar surface area (TPSA) is 82.5 Å². The van der Waals surface area contributed by atoms with Crippen LogP contribution in [0.3, 0.4) is 0 Å². The molecule has 7 heteroatoms. The van der Waals surface area contributed by atoms with Crippen LogP contribution in [0.2, 0.25) is 0 Å². The Morgan fingerprint density at radius 2 is 1.92 bits per heavy atom. The molecule has 0 aliphatic carbocycles. The van der Waals surface area contributed by atoms with Crippen molar-refractivity contribution in [3.05, 3.63) is 42.2 Å². The number of carbonyl (C=O) groups excluding carboxylic acids is 2. The van der Waals surface area contributed by atoms with Crippen LogP contribution >= 0.6 is 0 Å². The first-order chi connectivity index (χ1) is 11.9. The van der Waals surface area contributed by atoms with Gasteiger partial charge in [-0.3, -0.25) is 4.79 Å². The Hall–Kier alpha value is -2.83. The third-order valence-electron chi connectivity index (χ3n) is 3.81. The standard InChI is InChI=1S/C18H23N3O4/c1-5-18(2,3)19-15(22)12-25-17(23)16-14(24-4)11-21(20-16)13-9-7-6-8-10-13/h6-11H,5,12H2,1-4H3,(H,19,22). The van der Waals surface area contributed by atoms with Crippen molar-refractivity contribution in [3.8, 4) is 11.4 Å². The molecule has 0 unspecified atom stereocenters. The van der Waals surface area contributed by atoms with Gasteiger partial charge in [0.2, 0.25) is 5.69 Å². The van der Waals surface area contributed by atoms with Gasteiger partial charge in [0.05, 0.1) is 19.0 Å². The summed E-state index contributed by atoms with van der Waals surface area (Å²) in [5.74, 6) is -0.791. The Balaban J connectivity index is 2.07. The van der Waals surface area contributed by atoms with Gasteiger partial charge in [-0.25, -0.2) is 9.48 Å². The Morgan fingerprint density at radius 1 is 1.24 bits per heavy atom. The molecule has 25 heavy (non-hydrogen) atoms. The van der Waals surface area contributed by atoms with Crippen molar-refractivity contribution < 1.29 is 19.1 Å². The van der Waals surface area contributed by atoms with Gasteiger partial charge in [-0.2, -0.15) is 5.10 Å². The summed E-state index contributed by atoms with van der Waals surface area (Å²) in [6.45, 7) is 5.39. The molecule has 2 rings (SSSR count). The first-order valence-electron chi connectivity index (χ1n) is 8.03. The Kier molecular flexibility index (Phi) is 5.80. The van der Waals surface area contributed by atoms with Crippen LogP contribution in [0, 0.1) is 0 Å². The van der Waals surface area contributed by atoms with Crippen molar-refractivity contribution >= 4 is 11.9 Å². The van der Waals surface area contributed by atoms with Crippen LogP contribution in [0.25, 0.3) is 5.69 Å². The maximum Gasteiger partial charge on any atom is 0.363 e. The molecule has 2 aromatic rings. The van der Waals surface area contributed by atoms with Crippen LogP contribution in [0.4, 0.5) is 0 Å². The molecule has 0 fully saturated rings. The lowest BCUT2D eigenvalue weighted by Crippen LogP contribution is -2.44. The molecule has 1 aromatic heterocycles. The summed E-state index contributed by atoms with van der Waals surface area (Å²) >= 11 is 0. The van der Waals surface area contributed by atoms with E-state index in [2.05, 4.69) is 10.4 Å². The van der Waals surface area contributed by atoms with E-state index >= 15 is 0 Å². The minimum Gasteiger partial charge on any atom is -0.493 e. The number of esters is 1. The largest absolute Gasteiger partial charge is 0.493 e. The normalized spacial score (nSPS) is 11.0. The third kappa shape index (κ3) is 4.82. The Morgan fingerprint density at radius 3 is 2.52 bits per heavy atom. The molecule has 0 bridgehead atoms. The molecule has 0 radical (unpaired) electrons. The summed E-state index contributed by atoms with van der Waals surface area (Å²) in [5, 5.41) is 7.00. The van der Waals surface area contributed by atoms with E-state index in [4.69, 9.17) is 9.47 Å². The van der Waals surface area contributed by atoms with E-state index in [0.717, 1.165) is 12.1 Å². The average molecular weight is 345 g/mol. The number of para-hydroxylation sites is 1. The maximum atomic E-state index is 12.3. The lowest BCUT2D eigenvalue weighted by Gasteiger charge is -2.24. The van der Waals surface area contributed by atoms with Crippen LogP contribution in [0.5, 0.6) is 5.75 Å². The Labute approximate surface area is 146 Å². The van der Waals surface area contributed by atoms with E-state index in [-0.39, 0.29) is 29.5 Å².